The SMILES string of the molecule is Cc1nn(C)c(Cn2ccc3cc(N)ccc32)c1Br. The molecule has 0 unspecified atom stereocenters. The van der Waals surface area contributed by atoms with Crippen LogP contribution in [0.4, 0.5) is 5.69 Å². The van der Waals surface area contributed by atoms with Crippen molar-refractivity contribution in [2.24, 2.45) is 7.05 Å². The number of aromatic nitrogens is 3. The van der Waals surface area contributed by atoms with Gasteiger partial charge in [0.1, 0.15) is 0 Å². The minimum atomic E-state index is 0.783. The first-order chi connectivity index (χ1) is 9.06. The summed E-state index contributed by atoms with van der Waals surface area (Å²) in [7, 11) is 1.97. The zero-order valence-corrected chi connectivity index (χ0v) is 12.5. The van der Waals surface area contributed by atoms with Crippen molar-refractivity contribution in [1.82, 2.24) is 14.3 Å². The summed E-state index contributed by atoms with van der Waals surface area (Å²) in [6, 6.07) is 8.07. The van der Waals surface area contributed by atoms with Crippen LogP contribution in [0.1, 0.15) is 11.4 Å². The number of hydrogen-bond donors (Lipinski definition) is 1. The topological polar surface area (TPSA) is 48.8 Å². The van der Waals surface area contributed by atoms with Gasteiger partial charge in [-0.15, -0.1) is 0 Å². The lowest BCUT2D eigenvalue weighted by atomic mass is 10.2. The highest BCUT2D eigenvalue weighted by molar-refractivity contribution is 9.10. The summed E-state index contributed by atoms with van der Waals surface area (Å²) < 4.78 is 5.20. The highest BCUT2D eigenvalue weighted by atomic mass is 79.9. The number of fused-ring (bicyclic) bond motifs is 1. The Kier molecular flexibility index (Phi) is 2.86. The molecule has 2 N–H and O–H groups in total. The zero-order valence-electron chi connectivity index (χ0n) is 10.9. The van der Waals surface area contributed by atoms with E-state index >= 15 is 0 Å². The van der Waals surface area contributed by atoms with Gasteiger partial charge in [-0.3, -0.25) is 4.68 Å². The molecule has 0 saturated heterocycles. The van der Waals surface area contributed by atoms with Crippen molar-refractivity contribution in [1.29, 1.82) is 0 Å². The van der Waals surface area contributed by atoms with Gasteiger partial charge < -0.3 is 10.3 Å². The van der Waals surface area contributed by atoms with Gasteiger partial charge in [-0.25, -0.2) is 0 Å². The first-order valence-electron chi connectivity index (χ1n) is 6.08. The lowest BCUT2D eigenvalue weighted by molar-refractivity contribution is 0.672. The summed E-state index contributed by atoms with van der Waals surface area (Å²) in [6.07, 6.45) is 2.08. The third kappa shape index (κ3) is 2.04. The number of halogens is 1. The number of hydrogen-bond acceptors (Lipinski definition) is 2. The minimum absolute atomic E-state index is 0.783. The predicted octanol–water partition coefficient (Wildman–Crippen LogP) is 3.08. The lowest BCUT2D eigenvalue weighted by Crippen LogP contribution is -2.05. The molecule has 0 radical (unpaired) electrons. The van der Waals surface area contributed by atoms with Crippen molar-refractivity contribution < 1.29 is 0 Å². The second-order valence-electron chi connectivity index (χ2n) is 4.73. The van der Waals surface area contributed by atoms with E-state index in [0.29, 0.717) is 0 Å². The quantitative estimate of drug-likeness (QED) is 0.738. The van der Waals surface area contributed by atoms with E-state index in [1.165, 1.54) is 5.52 Å². The molecule has 0 fully saturated rings. The molecule has 0 aliphatic carbocycles. The number of aryl methyl sites for hydroxylation is 2. The predicted molar refractivity (Wildman–Crippen MR) is 81.1 cm³/mol. The highest BCUT2D eigenvalue weighted by Crippen LogP contribution is 2.24. The fraction of sp³-hybridized carbons (Fsp3) is 0.214. The van der Waals surface area contributed by atoms with E-state index in [-0.39, 0.29) is 0 Å². The monoisotopic (exact) mass is 318 g/mol. The normalized spacial score (nSPS) is 11.3. The van der Waals surface area contributed by atoms with Crippen LogP contribution in [-0.2, 0) is 13.6 Å². The maximum absolute atomic E-state index is 5.81. The number of anilines is 1. The first kappa shape index (κ1) is 12.3. The second kappa shape index (κ2) is 4.42. The van der Waals surface area contributed by atoms with E-state index < -0.39 is 0 Å². The molecule has 2 heterocycles. The molecule has 5 heteroatoms. The van der Waals surface area contributed by atoms with Crippen LogP contribution in [0.25, 0.3) is 10.9 Å². The molecule has 0 atom stereocenters. The van der Waals surface area contributed by atoms with E-state index in [0.717, 1.165) is 33.5 Å². The summed E-state index contributed by atoms with van der Waals surface area (Å²) in [4.78, 5) is 0. The molecule has 0 bridgehead atoms. The molecule has 0 aliphatic heterocycles. The molecule has 0 aliphatic rings. The Balaban J connectivity index is 2.06. The Morgan fingerprint density at radius 3 is 2.79 bits per heavy atom. The van der Waals surface area contributed by atoms with Gasteiger partial charge in [0.15, 0.2) is 0 Å². The highest BCUT2D eigenvalue weighted by Gasteiger charge is 2.12. The van der Waals surface area contributed by atoms with Gasteiger partial charge in [-0.2, -0.15) is 5.10 Å². The van der Waals surface area contributed by atoms with Gasteiger partial charge in [0.25, 0.3) is 0 Å². The summed E-state index contributed by atoms with van der Waals surface area (Å²) in [5.74, 6) is 0. The maximum Gasteiger partial charge on any atom is 0.0739 e. The van der Waals surface area contributed by atoms with Gasteiger partial charge in [0.05, 0.1) is 22.4 Å². The Morgan fingerprint density at radius 1 is 1.32 bits per heavy atom. The van der Waals surface area contributed by atoms with Crippen LogP contribution in [0.2, 0.25) is 0 Å². The molecule has 0 amide bonds. The van der Waals surface area contributed by atoms with Crippen molar-refractivity contribution in [2.45, 2.75) is 13.5 Å². The molecule has 0 saturated carbocycles. The molecule has 98 valence electrons. The van der Waals surface area contributed by atoms with Crippen molar-refractivity contribution in [2.75, 3.05) is 5.73 Å². The van der Waals surface area contributed by atoms with Crippen LogP contribution in [0.3, 0.4) is 0 Å². The van der Waals surface area contributed by atoms with E-state index in [4.69, 9.17) is 5.73 Å². The molecule has 2 aromatic heterocycles. The molecule has 0 spiro atoms. The Bertz CT molecular complexity index is 754. The van der Waals surface area contributed by atoms with Crippen LogP contribution in [0.5, 0.6) is 0 Å². The number of rotatable bonds is 2. The summed E-state index contributed by atoms with van der Waals surface area (Å²) >= 11 is 3.61. The van der Waals surface area contributed by atoms with Gasteiger partial charge in [-0.1, -0.05) is 0 Å². The molecule has 1 aromatic carbocycles. The van der Waals surface area contributed by atoms with Gasteiger partial charge in [0.2, 0.25) is 0 Å². The standard InChI is InChI=1S/C14H15BrN4/c1-9-14(15)13(18(2)17-9)8-19-6-5-10-7-11(16)3-4-12(10)19/h3-7H,8,16H2,1-2H3. The summed E-state index contributed by atoms with van der Waals surface area (Å²) in [5, 5.41) is 5.58. The van der Waals surface area contributed by atoms with Crippen LogP contribution < -0.4 is 5.73 Å². The zero-order chi connectivity index (χ0) is 13.6. The maximum atomic E-state index is 5.81. The Hall–Kier alpha value is -1.75. The van der Waals surface area contributed by atoms with Gasteiger partial charge in [-0.05, 0) is 47.1 Å². The van der Waals surface area contributed by atoms with Crippen LogP contribution in [0.15, 0.2) is 34.9 Å². The van der Waals surface area contributed by atoms with Crippen molar-refractivity contribution in [3.8, 4) is 0 Å². The third-order valence-corrected chi connectivity index (χ3v) is 4.41. The largest absolute Gasteiger partial charge is 0.399 e. The molecular weight excluding hydrogens is 304 g/mol. The van der Waals surface area contributed by atoms with Crippen molar-refractivity contribution in [3.05, 3.63) is 46.3 Å². The van der Waals surface area contributed by atoms with E-state index in [1.807, 2.05) is 30.8 Å². The number of nitrogen functional groups attached to an aromatic ring is 1. The molecule has 4 nitrogen and oxygen atoms in total. The Labute approximate surface area is 119 Å². The van der Waals surface area contributed by atoms with Crippen LogP contribution in [-0.4, -0.2) is 14.3 Å². The van der Waals surface area contributed by atoms with E-state index in [1.54, 1.807) is 0 Å². The van der Waals surface area contributed by atoms with Crippen LogP contribution >= 0.6 is 15.9 Å². The average molecular weight is 319 g/mol. The minimum Gasteiger partial charge on any atom is -0.399 e. The smallest absolute Gasteiger partial charge is 0.0739 e. The first-order valence-corrected chi connectivity index (χ1v) is 6.88. The fourth-order valence-corrected chi connectivity index (χ4v) is 2.83. The van der Waals surface area contributed by atoms with E-state index in [2.05, 4.69) is 43.9 Å². The Morgan fingerprint density at radius 2 is 2.11 bits per heavy atom. The van der Waals surface area contributed by atoms with Crippen molar-refractivity contribution >= 4 is 32.5 Å². The lowest BCUT2D eigenvalue weighted by Gasteiger charge is -2.07. The van der Waals surface area contributed by atoms with Gasteiger partial charge in [0, 0.05) is 29.8 Å². The summed E-state index contributed by atoms with van der Waals surface area (Å²) in [5.41, 5.74) is 9.95. The van der Waals surface area contributed by atoms with Crippen LogP contribution in [0, 0.1) is 6.92 Å². The second-order valence-corrected chi connectivity index (χ2v) is 5.52. The molecular formula is C14H15BrN4. The average Bonchev–Trinajstić information content (AvgIpc) is 2.86. The third-order valence-electron chi connectivity index (χ3n) is 3.38. The number of benzene rings is 1. The summed E-state index contributed by atoms with van der Waals surface area (Å²) in [6.45, 7) is 2.79. The van der Waals surface area contributed by atoms with Crippen molar-refractivity contribution in [3.63, 3.8) is 0 Å². The number of nitrogens with zero attached hydrogens (tertiary/aromatic N) is 3. The number of nitrogens with two attached hydrogens (primary N) is 1. The molecule has 19 heavy (non-hydrogen) atoms. The van der Waals surface area contributed by atoms with Gasteiger partial charge >= 0.3 is 0 Å². The fourth-order valence-electron chi connectivity index (χ4n) is 2.37. The molecule has 3 aromatic rings. The van der Waals surface area contributed by atoms with E-state index in [9.17, 15) is 0 Å². The molecule has 3 rings (SSSR count).